The Labute approximate surface area is 120 Å². The zero-order valence-electron chi connectivity index (χ0n) is 12.6. The summed E-state index contributed by atoms with van der Waals surface area (Å²) < 4.78 is 5.35. The van der Waals surface area contributed by atoms with E-state index in [0.717, 1.165) is 12.4 Å². The van der Waals surface area contributed by atoms with Crippen molar-refractivity contribution in [2.75, 3.05) is 23.9 Å². The number of anilines is 2. The predicted molar refractivity (Wildman–Crippen MR) is 80.2 cm³/mol. The summed E-state index contributed by atoms with van der Waals surface area (Å²) in [4.78, 5) is 8.74. The van der Waals surface area contributed by atoms with Crippen LogP contribution in [0.3, 0.4) is 0 Å². The van der Waals surface area contributed by atoms with E-state index in [-0.39, 0.29) is 0 Å². The highest BCUT2D eigenvalue weighted by Crippen LogP contribution is 2.51. The van der Waals surface area contributed by atoms with Gasteiger partial charge in [0.2, 0.25) is 0 Å². The second-order valence-electron chi connectivity index (χ2n) is 5.71. The van der Waals surface area contributed by atoms with Crippen LogP contribution in [0.25, 0.3) is 0 Å². The molecule has 0 unspecified atom stereocenters. The van der Waals surface area contributed by atoms with Gasteiger partial charge in [0.1, 0.15) is 18.2 Å². The maximum Gasteiger partial charge on any atom is 0.158 e. The normalized spacial score (nSPS) is 16.2. The minimum atomic E-state index is 0.399. The standard InChI is InChI=1S/C14H25N5O/c1-4-20-8-13-17-11(7-12(18-13)19-15)16-9-14(5-6-14)10(2)3/h7,10H,4-6,8-9,15H2,1-3H3,(H2,16,17,18,19). The molecule has 0 atom stereocenters. The molecule has 20 heavy (non-hydrogen) atoms. The van der Waals surface area contributed by atoms with Gasteiger partial charge in [-0.05, 0) is 31.1 Å². The molecule has 0 saturated heterocycles. The van der Waals surface area contributed by atoms with Crippen LogP contribution < -0.4 is 16.6 Å². The highest BCUT2D eigenvalue weighted by molar-refractivity contribution is 5.47. The van der Waals surface area contributed by atoms with Crippen molar-refractivity contribution >= 4 is 11.6 Å². The maximum atomic E-state index is 5.45. The molecule has 0 aromatic carbocycles. The third-order valence-electron chi connectivity index (χ3n) is 4.09. The molecule has 112 valence electrons. The smallest absolute Gasteiger partial charge is 0.158 e. The van der Waals surface area contributed by atoms with Gasteiger partial charge in [0.15, 0.2) is 5.82 Å². The quantitative estimate of drug-likeness (QED) is 0.499. The van der Waals surface area contributed by atoms with Crippen molar-refractivity contribution in [2.24, 2.45) is 17.2 Å². The molecule has 2 rings (SSSR count). The predicted octanol–water partition coefficient (Wildman–Crippen LogP) is 2.15. The van der Waals surface area contributed by atoms with Crippen molar-refractivity contribution in [3.05, 3.63) is 11.9 Å². The molecule has 1 aliphatic carbocycles. The van der Waals surface area contributed by atoms with E-state index >= 15 is 0 Å². The Bertz CT molecular complexity index is 445. The summed E-state index contributed by atoms with van der Waals surface area (Å²) >= 11 is 0. The third kappa shape index (κ3) is 3.58. The summed E-state index contributed by atoms with van der Waals surface area (Å²) in [5, 5.41) is 3.42. The first kappa shape index (κ1) is 15.0. The molecule has 6 heteroatoms. The van der Waals surface area contributed by atoms with Crippen LogP contribution in [0.1, 0.15) is 39.4 Å². The highest BCUT2D eigenvalue weighted by atomic mass is 16.5. The molecule has 0 radical (unpaired) electrons. The van der Waals surface area contributed by atoms with Crippen LogP contribution in [0.2, 0.25) is 0 Å². The molecule has 0 bridgehead atoms. The van der Waals surface area contributed by atoms with Crippen molar-refractivity contribution in [1.29, 1.82) is 0 Å². The molecule has 1 heterocycles. The molecule has 6 nitrogen and oxygen atoms in total. The van der Waals surface area contributed by atoms with Crippen molar-refractivity contribution in [3.8, 4) is 0 Å². The maximum absolute atomic E-state index is 5.45. The lowest BCUT2D eigenvalue weighted by Gasteiger charge is -2.20. The number of nitrogens with two attached hydrogens (primary N) is 1. The number of ether oxygens (including phenoxy) is 1. The van der Waals surface area contributed by atoms with E-state index in [1.54, 1.807) is 0 Å². The third-order valence-corrected chi connectivity index (χ3v) is 4.09. The average Bonchev–Trinajstić information content (AvgIpc) is 3.24. The van der Waals surface area contributed by atoms with E-state index < -0.39 is 0 Å². The van der Waals surface area contributed by atoms with Crippen LogP contribution in [-0.2, 0) is 11.3 Å². The van der Waals surface area contributed by atoms with Crippen LogP contribution >= 0.6 is 0 Å². The van der Waals surface area contributed by atoms with E-state index in [4.69, 9.17) is 10.6 Å². The van der Waals surface area contributed by atoms with Crippen molar-refractivity contribution in [3.63, 3.8) is 0 Å². The zero-order valence-corrected chi connectivity index (χ0v) is 12.6. The Hall–Kier alpha value is -1.40. The van der Waals surface area contributed by atoms with E-state index in [2.05, 4.69) is 34.6 Å². The van der Waals surface area contributed by atoms with E-state index in [1.165, 1.54) is 12.8 Å². The summed E-state index contributed by atoms with van der Waals surface area (Å²) in [5.41, 5.74) is 3.00. The molecule has 0 aliphatic heterocycles. The molecule has 1 aliphatic rings. The number of rotatable bonds is 8. The Kier molecular flexibility index (Phi) is 4.77. The van der Waals surface area contributed by atoms with Gasteiger partial charge in [0, 0.05) is 19.2 Å². The lowest BCUT2D eigenvalue weighted by Crippen LogP contribution is -2.22. The lowest BCUT2D eigenvalue weighted by molar-refractivity contribution is 0.128. The van der Waals surface area contributed by atoms with Gasteiger partial charge in [-0.15, -0.1) is 0 Å². The summed E-state index contributed by atoms with van der Waals surface area (Å²) in [5.74, 6) is 8.18. The van der Waals surface area contributed by atoms with Crippen LogP contribution in [0.5, 0.6) is 0 Å². The monoisotopic (exact) mass is 279 g/mol. The fraction of sp³-hybridized carbons (Fsp3) is 0.714. The number of nitrogen functional groups attached to an aromatic ring is 1. The molecule has 0 spiro atoms. The second-order valence-corrected chi connectivity index (χ2v) is 5.71. The summed E-state index contributed by atoms with van der Waals surface area (Å²) in [7, 11) is 0. The molecular formula is C14H25N5O. The number of hydrogen-bond acceptors (Lipinski definition) is 6. The minimum absolute atomic E-state index is 0.399. The zero-order chi connectivity index (χ0) is 14.6. The van der Waals surface area contributed by atoms with Gasteiger partial charge >= 0.3 is 0 Å². The van der Waals surface area contributed by atoms with Gasteiger partial charge in [0.25, 0.3) is 0 Å². The lowest BCUT2D eigenvalue weighted by atomic mass is 9.92. The van der Waals surface area contributed by atoms with Gasteiger partial charge < -0.3 is 15.5 Å². The average molecular weight is 279 g/mol. The SMILES string of the molecule is CCOCc1nc(NN)cc(NCC2(C(C)C)CC2)n1. The fourth-order valence-corrected chi connectivity index (χ4v) is 2.30. The Morgan fingerprint density at radius 2 is 2.05 bits per heavy atom. The fourth-order valence-electron chi connectivity index (χ4n) is 2.30. The van der Waals surface area contributed by atoms with Crippen molar-refractivity contribution < 1.29 is 4.74 Å². The number of nitrogens with zero attached hydrogens (tertiary/aromatic N) is 2. The Morgan fingerprint density at radius 3 is 2.60 bits per heavy atom. The number of hydrazine groups is 1. The van der Waals surface area contributed by atoms with E-state index in [1.807, 2.05) is 13.0 Å². The van der Waals surface area contributed by atoms with Crippen LogP contribution in [0.15, 0.2) is 6.07 Å². The van der Waals surface area contributed by atoms with Crippen LogP contribution in [-0.4, -0.2) is 23.1 Å². The first-order valence-corrected chi connectivity index (χ1v) is 7.26. The summed E-state index contributed by atoms with van der Waals surface area (Å²) in [6, 6.07) is 1.83. The molecule has 1 aromatic rings. The van der Waals surface area contributed by atoms with Gasteiger partial charge in [-0.1, -0.05) is 13.8 Å². The molecule has 0 amide bonds. The molecular weight excluding hydrogens is 254 g/mol. The van der Waals surface area contributed by atoms with E-state index in [9.17, 15) is 0 Å². The summed E-state index contributed by atoms with van der Waals surface area (Å²) in [6.07, 6.45) is 2.58. The molecule has 1 fully saturated rings. The first-order chi connectivity index (χ1) is 9.59. The van der Waals surface area contributed by atoms with Crippen molar-refractivity contribution in [2.45, 2.75) is 40.2 Å². The Balaban J connectivity index is 2.02. The molecule has 4 N–H and O–H groups in total. The topological polar surface area (TPSA) is 85.1 Å². The van der Waals surface area contributed by atoms with Gasteiger partial charge in [0.05, 0.1) is 0 Å². The first-order valence-electron chi connectivity index (χ1n) is 7.26. The van der Waals surface area contributed by atoms with Gasteiger partial charge in [-0.25, -0.2) is 15.8 Å². The minimum Gasteiger partial charge on any atom is -0.374 e. The van der Waals surface area contributed by atoms with E-state index in [0.29, 0.717) is 36.2 Å². The van der Waals surface area contributed by atoms with Crippen LogP contribution in [0, 0.1) is 11.3 Å². The highest BCUT2D eigenvalue weighted by Gasteiger charge is 2.44. The largest absolute Gasteiger partial charge is 0.374 e. The molecule has 1 saturated carbocycles. The van der Waals surface area contributed by atoms with Crippen LogP contribution in [0.4, 0.5) is 11.6 Å². The Morgan fingerprint density at radius 1 is 1.35 bits per heavy atom. The number of hydrogen-bond donors (Lipinski definition) is 3. The number of aromatic nitrogens is 2. The number of nitrogens with one attached hydrogen (secondary N) is 2. The van der Waals surface area contributed by atoms with Crippen molar-refractivity contribution in [1.82, 2.24) is 9.97 Å². The van der Waals surface area contributed by atoms with Gasteiger partial charge in [-0.3, -0.25) is 0 Å². The second kappa shape index (κ2) is 6.37. The van der Waals surface area contributed by atoms with Gasteiger partial charge in [-0.2, -0.15) is 0 Å². The summed E-state index contributed by atoms with van der Waals surface area (Å²) in [6.45, 7) is 8.49. The molecule has 1 aromatic heterocycles.